The van der Waals surface area contributed by atoms with E-state index in [1.165, 1.54) is 0 Å². The van der Waals surface area contributed by atoms with Gasteiger partial charge < -0.3 is 11.5 Å². The van der Waals surface area contributed by atoms with E-state index in [9.17, 15) is 0 Å². The van der Waals surface area contributed by atoms with Crippen molar-refractivity contribution >= 4 is 17.2 Å². The second-order valence-electron chi connectivity index (χ2n) is 3.27. The topological polar surface area (TPSA) is 52.0 Å². The van der Waals surface area contributed by atoms with Gasteiger partial charge in [0.05, 0.1) is 4.99 Å². The van der Waals surface area contributed by atoms with Crippen LogP contribution in [0.2, 0.25) is 0 Å². The molecule has 0 aromatic heterocycles. The van der Waals surface area contributed by atoms with Crippen LogP contribution in [0.25, 0.3) is 0 Å². The first kappa shape index (κ1) is 11.4. The van der Waals surface area contributed by atoms with Crippen LogP contribution >= 0.6 is 12.2 Å². The van der Waals surface area contributed by atoms with Crippen molar-refractivity contribution in [3.63, 3.8) is 0 Å². The minimum atomic E-state index is 0.0451. The zero-order valence-corrected chi connectivity index (χ0v) is 8.87. The van der Waals surface area contributed by atoms with E-state index in [0.29, 0.717) is 4.99 Å². The average molecular weight is 186 g/mol. The fourth-order valence-corrected chi connectivity index (χ4v) is 1.11. The van der Waals surface area contributed by atoms with Gasteiger partial charge in [-0.2, -0.15) is 0 Å². The number of rotatable bonds is 4. The second kappa shape index (κ2) is 4.45. The summed E-state index contributed by atoms with van der Waals surface area (Å²) < 4.78 is 0. The summed E-state index contributed by atoms with van der Waals surface area (Å²) in [5.74, 6) is 0. The van der Waals surface area contributed by atoms with Gasteiger partial charge in [-0.25, -0.2) is 0 Å². The maximum absolute atomic E-state index is 5.87. The summed E-state index contributed by atoms with van der Waals surface area (Å²) in [6, 6.07) is 0. The van der Waals surface area contributed by atoms with Crippen LogP contribution in [0, 0.1) is 5.41 Å². The first-order valence-electron chi connectivity index (χ1n) is 4.23. The Bertz CT molecular complexity index is 193. The maximum atomic E-state index is 5.87. The largest absolute Gasteiger partial charge is 0.402 e. The summed E-state index contributed by atoms with van der Waals surface area (Å²) >= 11 is 4.76. The molecule has 0 unspecified atom stereocenters. The molecule has 2 nitrogen and oxygen atoms in total. The van der Waals surface area contributed by atoms with E-state index in [-0.39, 0.29) is 5.41 Å². The van der Waals surface area contributed by atoms with E-state index in [1.54, 1.807) is 6.08 Å². The molecule has 0 saturated carbocycles. The molecule has 0 spiro atoms. The Morgan fingerprint density at radius 3 is 2.00 bits per heavy atom. The van der Waals surface area contributed by atoms with Crippen LogP contribution in [0.5, 0.6) is 0 Å². The van der Waals surface area contributed by atoms with Gasteiger partial charge in [0.1, 0.15) is 0 Å². The molecule has 0 radical (unpaired) electrons. The number of hydrogen-bond acceptors (Lipinski definition) is 2. The van der Waals surface area contributed by atoms with E-state index in [0.717, 1.165) is 18.5 Å². The zero-order valence-electron chi connectivity index (χ0n) is 8.05. The van der Waals surface area contributed by atoms with Gasteiger partial charge >= 0.3 is 0 Å². The SMILES string of the molecule is CCC(C)(CC)/C(N)=C/C(N)=S. The van der Waals surface area contributed by atoms with Crippen LogP contribution in [0.15, 0.2) is 11.8 Å². The van der Waals surface area contributed by atoms with Gasteiger partial charge in [0.2, 0.25) is 0 Å². The van der Waals surface area contributed by atoms with Crippen molar-refractivity contribution < 1.29 is 0 Å². The van der Waals surface area contributed by atoms with Crippen LogP contribution in [0.1, 0.15) is 33.6 Å². The fourth-order valence-electron chi connectivity index (χ4n) is 0.986. The highest BCUT2D eigenvalue weighted by Crippen LogP contribution is 2.30. The Labute approximate surface area is 80.0 Å². The highest BCUT2D eigenvalue weighted by molar-refractivity contribution is 7.80. The minimum Gasteiger partial charge on any atom is -0.402 e. The third-order valence-corrected chi connectivity index (χ3v) is 2.67. The number of hydrogen-bond donors (Lipinski definition) is 2. The minimum absolute atomic E-state index is 0.0451. The molecule has 0 aliphatic rings. The van der Waals surface area contributed by atoms with Gasteiger partial charge in [0.25, 0.3) is 0 Å². The summed E-state index contributed by atoms with van der Waals surface area (Å²) in [4.78, 5) is 0.362. The molecule has 4 N–H and O–H groups in total. The molecule has 0 amide bonds. The van der Waals surface area contributed by atoms with E-state index >= 15 is 0 Å². The first-order valence-corrected chi connectivity index (χ1v) is 4.64. The zero-order chi connectivity index (χ0) is 9.78. The summed E-state index contributed by atoms with van der Waals surface area (Å²) in [5, 5.41) is 0. The van der Waals surface area contributed by atoms with Gasteiger partial charge in [-0.05, 0) is 18.9 Å². The van der Waals surface area contributed by atoms with Gasteiger partial charge in [0, 0.05) is 11.1 Å². The van der Waals surface area contributed by atoms with Crippen molar-refractivity contribution in [2.75, 3.05) is 0 Å². The molecule has 0 aliphatic heterocycles. The fraction of sp³-hybridized carbons (Fsp3) is 0.667. The molecule has 0 aromatic rings. The Kier molecular flexibility index (Phi) is 4.24. The Balaban J connectivity index is 4.63. The van der Waals surface area contributed by atoms with Crippen LogP contribution in [-0.4, -0.2) is 4.99 Å². The van der Waals surface area contributed by atoms with Gasteiger partial charge in [-0.15, -0.1) is 0 Å². The Morgan fingerprint density at radius 1 is 1.33 bits per heavy atom. The third-order valence-electron chi connectivity index (χ3n) is 2.56. The lowest BCUT2D eigenvalue weighted by Gasteiger charge is -2.27. The standard InChI is InChI=1S/C9H18N2S/c1-4-9(3,5-2)7(10)6-8(11)12/h6H,4-5,10H2,1-3H3,(H2,11,12)/b7-6-. The Hall–Kier alpha value is -0.570. The second-order valence-corrected chi connectivity index (χ2v) is 3.74. The summed E-state index contributed by atoms with van der Waals surface area (Å²) in [7, 11) is 0. The Morgan fingerprint density at radius 2 is 1.75 bits per heavy atom. The van der Waals surface area contributed by atoms with Crippen molar-refractivity contribution in [1.29, 1.82) is 0 Å². The van der Waals surface area contributed by atoms with E-state index < -0.39 is 0 Å². The molecule has 0 fully saturated rings. The van der Waals surface area contributed by atoms with Crippen molar-refractivity contribution in [3.8, 4) is 0 Å². The molecule has 0 aromatic carbocycles. The monoisotopic (exact) mass is 186 g/mol. The molecule has 0 bridgehead atoms. The molecule has 0 rings (SSSR count). The van der Waals surface area contributed by atoms with Crippen molar-refractivity contribution in [1.82, 2.24) is 0 Å². The van der Waals surface area contributed by atoms with E-state index in [2.05, 4.69) is 20.8 Å². The predicted molar refractivity (Wildman–Crippen MR) is 57.7 cm³/mol. The molecule has 70 valence electrons. The third kappa shape index (κ3) is 2.81. The van der Waals surface area contributed by atoms with Crippen LogP contribution in [0.3, 0.4) is 0 Å². The lowest BCUT2D eigenvalue weighted by atomic mass is 9.81. The van der Waals surface area contributed by atoms with E-state index in [4.69, 9.17) is 23.7 Å². The summed E-state index contributed by atoms with van der Waals surface area (Å²) in [5.41, 5.74) is 12.1. The number of nitrogens with two attached hydrogens (primary N) is 2. The van der Waals surface area contributed by atoms with Crippen LogP contribution < -0.4 is 11.5 Å². The molecule has 0 saturated heterocycles. The normalized spacial score (nSPS) is 13.1. The lowest BCUT2D eigenvalue weighted by Crippen LogP contribution is -2.25. The molecule has 0 aliphatic carbocycles. The highest BCUT2D eigenvalue weighted by atomic mass is 32.1. The molecule has 0 heterocycles. The smallest absolute Gasteiger partial charge is 0.0979 e. The molecule has 0 atom stereocenters. The average Bonchev–Trinajstić information content (AvgIpc) is 2.02. The summed E-state index contributed by atoms with van der Waals surface area (Å²) in [6.07, 6.45) is 3.70. The van der Waals surface area contributed by atoms with Crippen molar-refractivity contribution in [2.24, 2.45) is 16.9 Å². The lowest BCUT2D eigenvalue weighted by molar-refractivity contribution is 0.364. The summed E-state index contributed by atoms with van der Waals surface area (Å²) in [6.45, 7) is 6.35. The molecule has 12 heavy (non-hydrogen) atoms. The van der Waals surface area contributed by atoms with Gasteiger partial charge in [-0.1, -0.05) is 33.0 Å². The van der Waals surface area contributed by atoms with Gasteiger partial charge in [0.15, 0.2) is 0 Å². The van der Waals surface area contributed by atoms with Crippen LogP contribution in [-0.2, 0) is 0 Å². The van der Waals surface area contributed by atoms with Crippen molar-refractivity contribution in [2.45, 2.75) is 33.6 Å². The van der Waals surface area contributed by atoms with Crippen LogP contribution in [0.4, 0.5) is 0 Å². The first-order chi connectivity index (χ1) is 5.46. The molecular formula is C9H18N2S. The predicted octanol–water partition coefficient (Wildman–Crippen LogP) is 1.94. The van der Waals surface area contributed by atoms with Gasteiger partial charge in [-0.3, -0.25) is 0 Å². The maximum Gasteiger partial charge on any atom is 0.0979 e. The van der Waals surface area contributed by atoms with E-state index in [1.807, 2.05) is 0 Å². The quantitative estimate of drug-likeness (QED) is 0.521. The molecule has 3 heteroatoms. The highest BCUT2D eigenvalue weighted by Gasteiger charge is 2.22. The van der Waals surface area contributed by atoms with Crippen molar-refractivity contribution in [3.05, 3.63) is 11.8 Å². The number of thiocarbonyl (C=S) groups is 1. The number of allylic oxidation sites excluding steroid dienone is 1. The molecular weight excluding hydrogens is 168 g/mol.